The lowest BCUT2D eigenvalue weighted by Crippen LogP contribution is -2.34. The van der Waals surface area contributed by atoms with Crippen molar-refractivity contribution in [3.63, 3.8) is 0 Å². The summed E-state index contributed by atoms with van der Waals surface area (Å²) in [4.78, 5) is 25.7. The zero-order chi connectivity index (χ0) is 16.4. The molecule has 0 radical (unpaired) electrons. The molecule has 3 rings (SSSR count). The fraction of sp³-hybridized carbons (Fsp3) is 0.222. The minimum atomic E-state index is -0.241. The molecular weight excluding hydrogens is 312 g/mol. The van der Waals surface area contributed by atoms with Crippen molar-refractivity contribution in [1.82, 2.24) is 4.90 Å². The Hall–Kier alpha value is -2.33. The van der Waals surface area contributed by atoms with Gasteiger partial charge in [0.05, 0.1) is 10.6 Å². The Labute approximate surface area is 140 Å². The molecule has 1 N–H and O–H groups in total. The zero-order valence-corrected chi connectivity index (χ0v) is 13.6. The first-order valence-electron chi connectivity index (χ1n) is 7.48. The molecule has 118 valence electrons. The Bertz CT molecular complexity index is 773. The van der Waals surface area contributed by atoms with E-state index in [4.69, 9.17) is 11.6 Å². The van der Waals surface area contributed by atoms with Crippen molar-refractivity contribution in [2.24, 2.45) is 0 Å². The van der Waals surface area contributed by atoms with E-state index >= 15 is 0 Å². The molecule has 0 aliphatic carbocycles. The van der Waals surface area contributed by atoms with Gasteiger partial charge in [-0.1, -0.05) is 29.8 Å². The first-order valence-corrected chi connectivity index (χ1v) is 7.85. The number of amides is 2. The topological polar surface area (TPSA) is 49.4 Å². The number of halogens is 1. The number of anilines is 1. The van der Waals surface area contributed by atoms with Crippen LogP contribution in [-0.2, 0) is 17.8 Å². The molecule has 1 aliphatic rings. The predicted octanol–water partition coefficient (Wildman–Crippen LogP) is 3.50. The Morgan fingerprint density at radius 3 is 2.65 bits per heavy atom. The summed E-state index contributed by atoms with van der Waals surface area (Å²) >= 11 is 6.05. The van der Waals surface area contributed by atoms with E-state index < -0.39 is 0 Å². The third-order valence-corrected chi connectivity index (χ3v) is 4.37. The van der Waals surface area contributed by atoms with Crippen molar-refractivity contribution in [2.45, 2.75) is 19.9 Å². The van der Waals surface area contributed by atoms with Crippen LogP contribution in [0.2, 0.25) is 5.02 Å². The van der Waals surface area contributed by atoms with Crippen LogP contribution in [0.5, 0.6) is 0 Å². The van der Waals surface area contributed by atoms with Crippen molar-refractivity contribution in [3.05, 3.63) is 64.2 Å². The van der Waals surface area contributed by atoms with Gasteiger partial charge < -0.3 is 10.2 Å². The van der Waals surface area contributed by atoms with Crippen LogP contribution in [0.15, 0.2) is 42.5 Å². The number of fused-ring (bicyclic) bond motifs is 1. The van der Waals surface area contributed by atoms with Crippen LogP contribution in [0.4, 0.5) is 5.69 Å². The summed E-state index contributed by atoms with van der Waals surface area (Å²) < 4.78 is 0. The number of nitrogens with zero attached hydrogens (tertiary/aromatic N) is 1. The molecule has 5 heteroatoms. The maximum atomic E-state index is 12.3. The highest BCUT2D eigenvalue weighted by molar-refractivity contribution is 6.34. The van der Waals surface area contributed by atoms with Gasteiger partial charge in [0.15, 0.2) is 0 Å². The molecular formula is C18H17ClN2O2. The Morgan fingerprint density at radius 2 is 1.91 bits per heavy atom. The molecule has 2 aromatic carbocycles. The smallest absolute Gasteiger partial charge is 0.257 e. The zero-order valence-electron chi connectivity index (χ0n) is 12.8. The van der Waals surface area contributed by atoms with Gasteiger partial charge in [0.1, 0.15) is 0 Å². The molecule has 4 nitrogen and oxygen atoms in total. The number of benzene rings is 2. The van der Waals surface area contributed by atoms with Crippen molar-refractivity contribution >= 4 is 29.1 Å². The lowest BCUT2D eigenvalue weighted by atomic mass is 9.99. The average Bonchev–Trinajstić information content (AvgIpc) is 2.54. The van der Waals surface area contributed by atoms with E-state index in [9.17, 15) is 9.59 Å². The number of hydrogen-bond acceptors (Lipinski definition) is 2. The summed E-state index contributed by atoms with van der Waals surface area (Å²) in [6, 6.07) is 12.8. The van der Waals surface area contributed by atoms with Gasteiger partial charge in [0, 0.05) is 25.7 Å². The van der Waals surface area contributed by atoms with Crippen molar-refractivity contribution in [2.75, 3.05) is 11.9 Å². The highest BCUT2D eigenvalue weighted by Gasteiger charge is 2.19. The van der Waals surface area contributed by atoms with E-state index in [1.54, 1.807) is 31.2 Å². The van der Waals surface area contributed by atoms with Gasteiger partial charge in [-0.05, 0) is 41.8 Å². The molecule has 1 heterocycles. The number of carbonyl (C=O) groups is 2. The number of hydrogen-bond donors (Lipinski definition) is 1. The standard InChI is InChI=1S/C18H17ClN2O2/c1-12(22)21-9-8-13-6-7-15(10-14(13)11-21)20-18(23)16-4-2-3-5-17(16)19/h2-7,10H,8-9,11H2,1H3,(H,20,23). The van der Waals surface area contributed by atoms with E-state index in [1.165, 1.54) is 5.56 Å². The second kappa shape index (κ2) is 6.42. The van der Waals surface area contributed by atoms with Gasteiger partial charge in [0.2, 0.25) is 5.91 Å². The van der Waals surface area contributed by atoms with E-state index in [1.807, 2.05) is 23.1 Å². The van der Waals surface area contributed by atoms with E-state index in [0.717, 1.165) is 18.5 Å². The van der Waals surface area contributed by atoms with Crippen LogP contribution in [0.25, 0.3) is 0 Å². The second-order valence-electron chi connectivity index (χ2n) is 5.61. The molecule has 0 saturated carbocycles. The van der Waals surface area contributed by atoms with Crippen LogP contribution in [-0.4, -0.2) is 23.3 Å². The van der Waals surface area contributed by atoms with E-state index in [0.29, 0.717) is 22.8 Å². The fourth-order valence-corrected chi connectivity index (χ4v) is 2.97. The molecule has 23 heavy (non-hydrogen) atoms. The third kappa shape index (κ3) is 3.37. The Kier molecular flexibility index (Phi) is 4.35. The van der Waals surface area contributed by atoms with Gasteiger partial charge in [-0.2, -0.15) is 0 Å². The lowest BCUT2D eigenvalue weighted by Gasteiger charge is -2.28. The van der Waals surface area contributed by atoms with Gasteiger partial charge >= 0.3 is 0 Å². The van der Waals surface area contributed by atoms with E-state index in [-0.39, 0.29) is 11.8 Å². The summed E-state index contributed by atoms with van der Waals surface area (Å²) in [5.41, 5.74) is 3.44. The largest absolute Gasteiger partial charge is 0.338 e. The van der Waals surface area contributed by atoms with Crippen molar-refractivity contribution in [1.29, 1.82) is 0 Å². The molecule has 0 fully saturated rings. The minimum Gasteiger partial charge on any atom is -0.338 e. The minimum absolute atomic E-state index is 0.0705. The molecule has 0 unspecified atom stereocenters. The average molecular weight is 329 g/mol. The number of carbonyl (C=O) groups excluding carboxylic acids is 2. The first-order chi connectivity index (χ1) is 11.0. The van der Waals surface area contributed by atoms with Gasteiger partial charge in [-0.3, -0.25) is 9.59 Å². The van der Waals surface area contributed by atoms with Crippen LogP contribution >= 0.6 is 11.6 Å². The summed E-state index contributed by atoms with van der Waals surface area (Å²) in [6.45, 7) is 2.90. The van der Waals surface area contributed by atoms with Crippen molar-refractivity contribution in [3.8, 4) is 0 Å². The van der Waals surface area contributed by atoms with Crippen LogP contribution in [0.3, 0.4) is 0 Å². The fourth-order valence-electron chi connectivity index (χ4n) is 2.75. The molecule has 2 amide bonds. The van der Waals surface area contributed by atoms with Crippen LogP contribution in [0.1, 0.15) is 28.4 Å². The second-order valence-corrected chi connectivity index (χ2v) is 6.02. The van der Waals surface area contributed by atoms with Gasteiger partial charge in [-0.25, -0.2) is 0 Å². The SMILES string of the molecule is CC(=O)N1CCc2ccc(NC(=O)c3ccccc3Cl)cc2C1. The third-order valence-electron chi connectivity index (χ3n) is 4.04. The monoisotopic (exact) mass is 328 g/mol. The maximum Gasteiger partial charge on any atom is 0.257 e. The van der Waals surface area contributed by atoms with Crippen LogP contribution < -0.4 is 5.32 Å². The highest BCUT2D eigenvalue weighted by Crippen LogP contribution is 2.24. The maximum absolute atomic E-state index is 12.3. The first kappa shape index (κ1) is 15.6. The van der Waals surface area contributed by atoms with Crippen LogP contribution in [0, 0.1) is 0 Å². The molecule has 0 atom stereocenters. The van der Waals surface area contributed by atoms with Crippen molar-refractivity contribution < 1.29 is 9.59 Å². The normalized spacial score (nSPS) is 13.4. The van der Waals surface area contributed by atoms with E-state index in [2.05, 4.69) is 5.32 Å². The molecule has 0 bridgehead atoms. The lowest BCUT2D eigenvalue weighted by molar-refractivity contribution is -0.129. The predicted molar refractivity (Wildman–Crippen MR) is 90.6 cm³/mol. The molecule has 0 saturated heterocycles. The number of rotatable bonds is 2. The quantitative estimate of drug-likeness (QED) is 0.917. The molecule has 0 spiro atoms. The summed E-state index contributed by atoms with van der Waals surface area (Å²) in [5.74, 6) is -0.170. The summed E-state index contributed by atoms with van der Waals surface area (Å²) in [5, 5.41) is 3.29. The summed E-state index contributed by atoms with van der Waals surface area (Å²) in [7, 11) is 0. The molecule has 1 aliphatic heterocycles. The molecule has 0 aromatic heterocycles. The molecule has 2 aromatic rings. The Morgan fingerprint density at radius 1 is 1.13 bits per heavy atom. The number of nitrogens with one attached hydrogen (secondary N) is 1. The highest BCUT2D eigenvalue weighted by atomic mass is 35.5. The Balaban J connectivity index is 1.80. The van der Waals surface area contributed by atoms with Gasteiger partial charge in [-0.15, -0.1) is 0 Å². The van der Waals surface area contributed by atoms with Gasteiger partial charge in [0.25, 0.3) is 5.91 Å². The summed E-state index contributed by atoms with van der Waals surface area (Å²) in [6.07, 6.45) is 0.841.